The van der Waals surface area contributed by atoms with Gasteiger partial charge in [0.1, 0.15) is 11.2 Å². The molecular weight excluding hydrogens is 701 g/mol. The molecule has 0 saturated heterocycles. The molecule has 1 aliphatic carbocycles. The molecule has 0 saturated carbocycles. The highest BCUT2D eigenvalue weighted by atomic mass is 16.3. The molecule has 0 fully saturated rings. The van der Waals surface area contributed by atoms with E-state index in [0.717, 1.165) is 21.9 Å². The lowest BCUT2D eigenvalue weighted by Crippen LogP contribution is -2.28. The third-order valence-electron chi connectivity index (χ3n) is 13.1. The summed E-state index contributed by atoms with van der Waals surface area (Å²) >= 11 is 0. The predicted octanol–water partition coefficient (Wildman–Crippen LogP) is 15.3. The van der Waals surface area contributed by atoms with Crippen molar-refractivity contribution in [1.82, 2.24) is 0 Å². The van der Waals surface area contributed by atoms with E-state index in [0.29, 0.717) is 0 Å². The molecule has 0 unspecified atom stereocenters. The fraction of sp³-hybridized carbons (Fsp3) is 0.0175. The zero-order valence-corrected chi connectivity index (χ0v) is 31.5. The van der Waals surface area contributed by atoms with Crippen molar-refractivity contribution in [2.75, 3.05) is 0 Å². The SMILES string of the molecule is c1ccc(C2(c3ccccc3)c3cc(-c4ccc5ccc6cccc7ccc4c5c67)ccc3-c3c2cc2ccccc2c3-c2ccc3oc4ccccc4c3c2)cc1. The summed E-state index contributed by atoms with van der Waals surface area (Å²) in [6, 6.07) is 76.7. The van der Waals surface area contributed by atoms with Crippen molar-refractivity contribution in [3.8, 4) is 33.4 Å². The van der Waals surface area contributed by atoms with Crippen LogP contribution in [0, 0.1) is 0 Å². The predicted molar refractivity (Wildman–Crippen MR) is 243 cm³/mol. The van der Waals surface area contributed by atoms with E-state index in [9.17, 15) is 0 Å². The van der Waals surface area contributed by atoms with E-state index < -0.39 is 5.41 Å². The molecule has 0 N–H and O–H groups in total. The third kappa shape index (κ3) is 4.20. The molecular formula is C57H34O. The summed E-state index contributed by atoms with van der Waals surface area (Å²) in [7, 11) is 0. The maximum atomic E-state index is 6.35. The largest absolute Gasteiger partial charge is 0.456 e. The number of hydrogen-bond acceptors (Lipinski definition) is 1. The highest BCUT2D eigenvalue weighted by Gasteiger charge is 2.47. The number of rotatable bonds is 4. The molecule has 0 radical (unpaired) electrons. The van der Waals surface area contributed by atoms with Crippen LogP contribution in [0.5, 0.6) is 0 Å². The van der Waals surface area contributed by atoms with Crippen molar-refractivity contribution in [3.05, 3.63) is 229 Å². The van der Waals surface area contributed by atoms with Gasteiger partial charge in [-0.15, -0.1) is 0 Å². The maximum absolute atomic E-state index is 6.35. The summed E-state index contributed by atoms with van der Waals surface area (Å²) < 4.78 is 6.35. The summed E-state index contributed by atoms with van der Waals surface area (Å²) in [5, 5.41) is 12.5. The monoisotopic (exact) mass is 734 g/mol. The fourth-order valence-electron chi connectivity index (χ4n) is 10.6. The molecule has 0 atom stereocenters. The van der Waals surface area contributed by atoms with Gasteiger partial charge in [-0.2, -0.15) is 0 Å². The highest BCUT2D eigenvalue weighted by Crippen LogP contribution is 2.60. The van der Waals surface area contributed by atoms with Gasteiger partial charge in [0.2, 0.25) is 0 Å². The molecule has 0 aliphatic heterocycles. The summed E-state index contributed by atoms with van der Waals surface area (Å²) in [5.74, 6) is 0. The number of hydrogen-bond donors (Lipinski definition) is 0. The third-order valence-corrected chi connectivity index (χ3v) is 13.1. The van der Waals surface area contributed by atoms with Crippen LogP contribution >= 0.6 is 0 Å². The lowest BCUT2D eigenvalue weighted by atomic mass is 9.67. The van der Waals surface area contributed by atoms with Gasteiger partial charge < -0.3 is 4.42 Å². The second-order valence-corrected chi connectivity index (χ2v) is 15.9. The van der Waals surface area contributed by atoms with Crippen LogP contribution in [0.2, 0.25) is 0 Å². The first kappa shape index (κ1) is 31.7. The first-order valence-electron chi connectivity index (χ1n) is 20.2. The lowest BCUT2D eigenvalue weighted by molar-refractivity contribution is 0.669. The van der Waals surface area contributed by atoms with Crippen molar-refractivity contribution in [1.29, 1.82) is 0 Å². The zero-order valence-electron chi connectivity index (χ0n) is 31.5. The second kappa shape index (κ2) is 11.8. The number of para-hydroxylation sites is 1. The maximum Gasteiger partial charge on any atom is 0.135 e. The molecule has 1 heterocycles. The Balaban J connectivity index is 1.17. The van der Waals surface area contributed by atoms with Crippen molar-refractivity contribution >= 4 is 65.0 Å². The number of fused-ring (bicyclic) bond motifs is 7. The Morgan fingerprint density at radius 1 is 0.310 bits per heavy atom. The fourth-order valence-corrected chi connectivity index (χ4v) is 10.6. The molecule has 13 rings (SSSR count). The van der Waals surface area contributed by atoms with Crippen LogP contribution in [-0.2, 0) is 5.41 Å². The van der Waals surface area contributed by atoms with Gasteiger partial charge in [-0.25, -0.2) is 0 Å². The molecule has 1 aliphatic rings. The van der Waals surface area contributed by atoms with E-state index in [1.807, 2.05) is 6.07 Å². The second-order valence-electron chi connectivity index (χ2n) is 15.9. The first-order chi connectivity index (χ1) is 28.8. The molecule has 0 bridgehead atoms. The van der Waals surface area contributed by atoms with E-state index in [1.54, 1.807) is 0 Å². The Morgan fingerprint density at radius 2 is 0.914 bits per heavy atom. The summed E-state index contributed by atoms with van der Waals surface area (Å²) in [5.41, 5.74) is 13.8. The Hall–Kier alpha value is -7.48. The first-order valence-corrected chi connectivity index (χ1v) is 20.2. The van der Waals surface area contributed by atoms with E-state index in [1.165, 1.54) is 98.7 Å². The minimum Gasteiger partial charge on any atom is -0.456 e. The molecule has 1 aromatic heterocycles. The van der Waals surface area contributed by atoms with Gasteiger partial charge in [-0.1, -0.05) is 176 Å². The van der Waals surface area contributed by atoms with Crippen LogP contribution < -0.4 is 0 Å². The van der Waals surface area contributed by atoms with E-state index in [2.05, 4.69) is 200 Å². The van der Waals surface area contributed by atoms with Crippen molar-refractivity contribution in [2.45, 2.75) is 5.41 Å². The van der Waals surface area contributed by atoms with Crippen molar-refractivity contribution < 1.29 is 4.42 Å². The van der Waals surface area contributed by atoms with E-state index in [-0.39, 0.29) is 0 Å². The van der Waals surface area contributed by atoms with Gasteiger partial charge in [0.25, 0.3) is 0 Å². The summed E-state index contributed by atoms with van der Waals surface area (Å²) in [6.07, 6.45) is 0. The molecule has 58 heavy (non-hydrogen) atoms. The molecule has 0 amide bonds. The standard InChI is InChI=1S/C57H34O/c1-3-15-41(16-4-1)57(42-17-5-2-6-18-42)49-33-39(43-28-24-37-23-22-35-13-11-14-36-25-29-46(43)54(37)53(35)36)26-30-47(49)56-50(57)34-38-12-7-8-19-44(38)55(56)40-27-31-52-48(32-40)45-20-9-10-21-51(45)58-52/h1-34H. The average molecular weight is 735 g/mol. The van der Waals surface area contributed by atoms with Crippen LogP contribution in [0.4, 0.5) is 0 Å². The Kier molecular flexibility index (Phi) is 6.43. The van der Waals surface area contributed by atoms with Gasteiger partial charge >= 0.3 is 0 Å². The molecule has 11 aromatic carbocycles. The van der Waals surface area contributed by atoms with Gasteiger partial charge in [0.15, 0.2) is 0 Å². The van der Waals surface area contributed by atoms with Crippen LogP contribution in [0.1, 0.15) is 22.3 Å². The molecule has 0 spiro atoms. The Morgan fingerprint density at radius 3 is 1.71 bits per heavy atom. The van der Waals surface area contributed by atoms with Gasteiger partial charge in [0, 0.05) is 10.8 Å². The van der Waals surface area contributed by atoms with Crippen LogP contribution in [0.25, 0.3) is 98.4 Å². The molecule has 12 aromatic rings. The lowest BCUT2D eigenvalue weighted by Gasteiger charge is -2.34. The van der Waals surface area contributed by atoms with Crippen LogP contribution in [-0.4, -0.2) is 0 Å². The minimum atomic E-state index is -0.585. The molecule has 1 heteroatoms. The number of furan rings is 1. The average Bonchev–Trinajstić information content (AvgIpc) is 3.81. The minimum absolute atomic E-state index is 0.585. The quantitative estimate of drug-likeness (QED) is 0.164. The van der Waals surface area contributed by atoms with Crippen LogP contribution in [0.3, 0.4) is 0 Å². The summed E-state index contributed by atoms with van der Waals surface area (Å²) in [4.78, 5) is 0. The Bertz CT molecular complexity index is 3550. The van der Waals surface area contributed by atoms with E-state index >= 15 is 0 Å². The van der Waals surface area contributed by atoms with Gasteiger partial charge in [0.05, 0.1) is 5.41 Å². The highest BCUT2D eigenvalue weighted by molar-refractivity contribution is 6.25. The van der Waals surface area contributed by atoms with Crippen molar-refractivity contribution in [3.63, 3.8) is 0 Å². The topological polar surface area (TPSA) is 13.1 Å². The van der Waals surface area contributed by atoms with Crippen LogP contribution in [0.15, 0.2) is 211 Å². The smallest absolute Gasteiger partial charge is 0.135 e. The van der Waals surface area contributed by atoms with Gasteiger partial charge in [-0.05, 0) is 129 Å². The molecule has 268 valence electrons. The molecule has 1 nitrogen and oxygen atoms in total. The zero-order chi connectivity index (χ0) is 38.0. The Labute approximate surface area is 335 Å². The normalized spacial score (nSPS) is 13.3. The number of benzene rings is 11. The van der Waals surface area contributed by atoms with Crippen molar-refractivity contribution in [2.24, 2.45) is 0 Å². The van der Waals surface area contributed by atoms with Gasteiger partial charge in [-0.3, -0.25) is 0 Å². The van der Waals surface area contributed by atoms with E-state index in [4.69, 9.17) is 4.42 Å². The summed E-state index contributed by atoms with van der Waals surface area (Å²) in [6.45, 7) is 0.